The van der Waals surface area contributed by atoms with E-state index < -0.39 is 0 Å². The minimum Gasteiger partial charge on any atom is -0.325 e. The average Bonchev–Trinajstić information content (AvgIpc) is 1.99. The highest BCUT2D eigenvalue weighted by molar-refractivity contribution is 5.09. The van der Waals surface area contributed by atoms with E-state index in [2.05, 4.69) is 67.5 Å². The highest BCUT2D eigenvalue weighted by atomic mass is 14.7. The predicted octanol–water partition coefficient (Wildman–Crippen LogP) is 3.99. The number of rotatable bonds is 4. The minimum atomic E-state index is -0.184. The summed E-state index contributed by atoms with van der Waals surface area (Å²) in [5.74, 6) is 0.644. The van der Waals surface area contributed by atoms with Gasteiger partial charge in [0, 0.05) is 11.0 Å². The van der Waals surface area contributed by atoms with E-state index in [0.29, 0.717) is 5.92 Å². The Morgan fingerprint density at radius 3 is 1.53 bits per heavy atom. The Balaban J connectivity index is 4.81. The maximum Gasteiger partial charge on any atom is 0.0183 e. The van der Waals surface area contributed by atoms with Crippen LogP contribution in [0, 0.1) is 16.7 Å². The summed E-state index contributed by atoms with van der Waals surface area (Å²) in [5, 5.41) is 0. The van der Waals surface area contributed by atoms with Gasteiger partial charge in [0.25, 0.3) is 0 Å². The van der Waals surface area contributed by atoms with Crippen LogP contribution in [0.3, 0.4) is 0 Å². The lowest BCUT2D eigenvalue weighted by Gasteiger charge is -2.37. The van der Waals surface area contributed by atoms with E-state index in [1.54, 1.807) is 0 Å². The zero-order chi connectivity index (χ0) is 12.5. The largest absolute Gasteiger partial charge is 0.325 e. The molecule has 0 fully saturated rings. The Hall–Kier alpha value is -0.300. The summed E-state index contributed by atoms with van der Waals surface area (Å²) in [6.07, 6.45) is 4.58. The van der Waals surface area contributed by atoms with Crippen molar-refractivity contribution in [3.05, 3.63) is 12.2 Å². The predicted molar refractivity (Wildman–Crippen MR) is 69.8 cm³/mol. The quantitative estimate of drug-likeness (QED) is 0.699. The summed E-state index contributed by atoms with van der Waals surface area (Å²) in [6.45, 7) is 17.6. The van der Waals surface area contributed by atoms with E-state index in [1.165, 1.54) is 0 Å². The highest BCUT2D eigenvalue weighted by Gasteiger charge is 2.31. The van der Waals surface area contributed by atoms with Crippen molar-refractivity contribution >= 4 is 0 Å². The van der Waals surface area contributed by atoms with Crippen molar-refractivity contribution in [1.29, 1.82) is 0 Å². The molecule has 0 amide bonds. The van der Waals surface area contributed by atoms with E-state index in [4.69, 9.17) is 5.73 Å². The molecule has 90 valence electrons. The third-order valence-electron chi connectivity index (χ3n) is 4.08. The number of hydrogen-bond acceptors (Lipinski definition) is 1. The zero-order valence-electron chi connectivity index (χ0n) is 11.8. The molecule has 0 aliphatic rings. The first-order valence-electron chi connectivity index (χ1n) is 5.89. The summed E-state index contributed by atoms with van der Waals surface area (Å²) in [7, 11) is 0. The molecule has 0 spiro atoms. The lowest BCUT2D eigenvalue weighted by Crippen LogP contribution is -2.46. The molecule has 0 heterocycles. The van der Waals surface area contributed by atoms with Crippen LogP contribution in [0.25, 0.3) is 0 Å². The fourth-order valence-electron chi connectivity index (χ4n) is 0.830. The van der Waals surface area contributed by atoms with Gasteiger partial charge in [-0.25, -0.2) is 0 Å². The first-order chi connectivity index (χ1) is 6.40. The van der Waals surface area contributed by atoms with Crippen molar-refractivity contribution < 1.29 is 0 Å². The van der Waals surface area contributed by atoms with Gasteiger partial charge in [-0.05, 0) is 25.2 Å². The number of hydrogen-bond donors (Lipinski definition) is 1. The smallest absolute Gasteiger partial charge is 0.0183 e. The van der Waals surface area contributed by atoms with Crippen molar-refractivity contribution in [2.75, 3.05) is 0 Å². The lowest BCUT2D eigenvalue weighted by molar-refractivity contribution is 0.263. The second kappa shape index (κ2) is 4.29. The van der Waals surface area contributed by atoms with Crippen molar-refractivity contribution in [3.63, 3.8) is 0 Å². The molecule has 0 radical (unpaired) electrons. The summed E-state index contributed by atoms with van der Waals surface area (Å²) < 4.78 is 0. The van der Waals surface area contributed by atoms with Gasteiger partial charge in [0.15, 0.2) is 0 Å². The molecule has 0 atom stereocenters. The van der Waals surface area contributed by atoms with Crippen molar-refractivity contribution in [3.8, 4) is 0 Å². The van der Waals surface area contributed by atoms with Gasteiger partial charge in [-0.15, -0.1) is 0 Å². The van der Waals surface area contributed by atoms with Gasteiger partial charge in [-0.3, -0.25) is 0 Å². The molecule has 0 aliphatic heterocycles. The lowest BCUT2D eigenvalue weighted by atomic mass is 9.72. The summed E-state index contributed by atoms with van der Waals surface area (Å²) in [5.41, 5.74) is 6.25. The minimum absolute atomic E-state index is 0.0269. The molecule has 0 aromatic rings. The molecule has 1 nitrogen and oxygen atoms in total. The molecule has 0 rings (SSSR count). The third kappa shape index (κ3) is 3.98. The molecule has 0 aliphatic carbocycles. The number of allylic oxidation sites excluding steroid dienone is 1. The summed E-state index contributed by atoms with van der Waals surface area (Å²) >= 11 is 0. The monoisotopic (exact) mass is 211 g/mol. The Labute approximate surface area is 96.1 Å². The van der Waals surface area contributed by atoms with Crippen LogP contribution in [0.1, 0.15) is 55.4 Å². The third-order valence-corrected chi connectivity index (χ3v) is 4.08. The SMILES string of the molecule is CC(C)C(C)(C)/C=C\C(C)(C)C(C)(C)N. The molecule has 15 heavy (non-hydrogen) atoms. The molecule has 0 saturated carbocycles. The second-order valence-electron chi connectivity index (χ2n) is 6.75. The molecular weight excluding hydrogens is 182 g/mol. The normalized spacial score (nSPS) is 15.3. The van der Waals surface area contributed by atoms with Crippen LogP contribution < -0.4 is 5.73 Å². The second-order valence-corrected chi connectivity index (χ2v) is 6.75. The maximum absolute atomic E-state index is 6.17. The van der Waals surface area contributed by atoms with Crippen molar-refractivity contribution in [2.24, 2.45) is 22.5 Å². The Kier molecular flexibility index (Phi) is 4.20. The Morgan fingerprint density at radius 2 is 1.27 bits per heavy atom. The van der Waals surface area contributed by atoms with Gasteiger partial charge in [0.2, 0.25) is 0 Å². The summed E-state index contributed by atoms with van der Waals surface area (Å²) in [6, 6.07) is 0. The van der Waals surface area contributed by atoms with E-state index in [-0.39, 0.29) is 16.4 Å². The van der Waals surface area contributed by atoms with Gasteiger partial charge in [-0.1, -0.05) is 53.7 Å². The number of nitrogens with two attached hydrogens (primary N) is 1. The summed E-state index contributed by atoms with van der Waals surface area (Å²) in [4.78, 5) is 0. The average molecular weight is 211 g/mol. The fourth-order valence-corrected chi connectivity index (χ4v) is 0.830. The van der Waals surface area contributed by atoms with E-state index in [9.17, 15) is 0 Å². The van der Waals surface area contributed by atoms with Gasteiger partial charge in [-0.2, -0.15) is 0 Å². The highest BCUT2D eigenvalue weighted by Crippen LogP contribution is 2.34. The molecule has 0 unspecified atom stereocenters. The first-order valence-corrected chi connectivity index (χ1v) is 5.89. The molecule has 2 N–H and O–H groups in total. The molecule has 0 bridgehead atoms. The first kappa shape index (κ1) is 14.7. The molecule has 0 aromatic heterocycles. The van der Waals surface area contributed by atoms with E-state index in [0.717, 1.165) is 0 Å². The van der Waals surface area contributed by atoms with Crippen molar-refractivity contribution in [1.82, 2.24) is 0 Å². The van der Waals surface area contributed by atoms with Gasteiger partial charge < -0.3 is 5.73 Å². The van der Waals surface area contributed by atoms with E-state index in [1.807, 2.05) is 0 Å². The van der Waals surface area contributed by atoms with Crippen LogP contribution >= 0.6 is 0 Å². The van der Waals surface area contributed by atoms with Crippen LogP contribution in [0.5, 0.6) is 0 Å². The Morgan fingerprint density at radius 1 is 0.867 bits per heavy atom. The molecular formula is C14H29N. The van der Waals surface area contributed by atoms with Crippen LogP contribution in [0.4, 0.5) is 0 Å². The van der Waals surface area contributed by atoms with Gasteiger partial charge >= 0.3 is 0 Å². The molecule has 0 aromatic carbocycles. The zero-order valence-corrected chi connectivity index (χ0v) is 11.8. The molecule has 0 saturated heterocycles. The van der Waals surface area contributed by atoms with Crippen LogP contribution in [0.2, 0.25) is 0 Å². The van der Waals surface area contributed by atoms with Gasteiger partial charge in [0.05, 0.1) is 0 Å². The van der Waals surface area contributed by atoms with Crippen molar-refractivity contribution in [2.45, 2.75) is 60.9 Å². The van der Waals surface area contributed by atoms with Crippen LogP contribution in [-0.2, 0) is 0 Å². The maximum atomic E-state index is 6.17. The standard InChI is InChI=1S/C14H29N/c1-11(2)12(3,4)9-10-13(5,6)14(7,8)15/h9-11H,15H2,1-8H3/b10-9-. The Bertz CT molecular complexity index is 226. The van der Waals surface area contributed by atoms with E-state index >= 15 is 0 Å². The fraction of sp³-hybridized carbons (Fsp3) is 0.857. The van der Waals surface area contributed by atoms with Crippen LogP contribution in [0.15, 0.2) is 12.2 Å². The molecule has 1 heteroatoms. The van der Waals surface area contributed by atoms with Gasteiger partial charge in [0.1, 0.15) is 0 Å². The topological polar surface area (TPSA) is 26.0 Å². The van der Waals surface area contributed by atoms with Crippen LogP contribution in [-0.4, -0.2) is 5.54 Å².